The van der Waals surface area contributed by atoms with Crippen molar-refractivity contribution in [2.24, 2.45) is 5.41 Å². The number of benzene rings is 1. The first-order valence-electron chi connectivity index (χ1n) is 8.94. The van der Waals surface area contributed by atoms with Gasteiger partial charge in [0.2, 0.25) is 5.91 Å². The van der Waals surface area contributed by atoms with Crippen LogP contribution in [0.2, 0.25) is 0 Å². The molecule has 144 valence electrons. The molecule has 0 fully saturated rings. The number of ether oxygens (including phenoxy) is 1. The molecule has 0 aromatic heterocycles. The van der Waals surface area contributed by atoms with Crippen LogP contribution in [-0.4, -0.2) is 34.9 Å². The summed E-state index contributed by atoms with van der Waals surface area (Å²) >= 11 is 0. The lowest BCUT2D eigenvalue weighted by atomic mass is 9.86. The van der Waals surface area contributed by atoms with Crippen molar-refractivity contribution in [2.45, 2.75) is 71.8 Å². The van der Waals surface area contributed by atoms with Gasteiger partial charge >= 0.3 is 6.09 Å². The third-order valence-electron chi connectivity index (χ3n) is 4.29. The van der Waals surface area contributed by atoms with Gasteiger partial charge in [-0.1, -0.05) is 45.0 Å². The van der Waals surface area contributed by atoms with Gasteiger partial charge < -0.3 is 20.5 Å². The summed E-state index contributed by atoms with van der Waals surface area (Å²) in [5.74, 6) is -0.343. The smallest absolute Gasteiger partial charge is 0.408 e. The Bertz CT molecular complexity index is 673. The molecule has 0 saturated carbocycles. The van der Waals surface area contributed by atoms with Crippen LogP contribution >= 0.6 is 0 Å². The Morgan fingerprint density at radius 3 is 2.35 bits per heavy atom. The van der Waals surface area contributed by atoms with Crippen molar-refractivity contribution in [1.29, 1.82) is 0 Å². The van der Waals surface area contributed by atoms with Crippen LogP contribution in [0.4, 0.5) is 4.79 Å². The molecule has 2 rings (SSSR count). The summed E-state index contributed by atoms with van der Waals surface area (Å²) in [6.45, 7) is 10.9. The maximum Gasteiger partial charge on any atom is 0.408 e. The quantitative estimate of drug-likeness (QED) is 0.771. The number of hydrogen-bond acceptors (Lipinski definition) is 4. The van der Waals surface area contributed by atoms with E-state index in [1.165, 1.54) is 0 Å². The molecule has 26 heavy (non-hydrogen) atoms. The molecular weight excluding hydrogens is 332 g/mol. The average molecular weight is 362 g/mol. The van der Waals surface area contributed by atoms with Crippen molar-refractivity contribution >= 4 is 12.0 Å². The van der Waals surface area contributed by atoms with E-state index in [1.54, 1.807) is 20.8 Å². The average Bonchev–Trinajstić information content (AvgIpc) is 2.78. The first-order valence-corrected chi connectivity index (χ1v) is 8.94. The van der Waals surface area contributed by atoms with Gasteiger partial charge in [-0.25, -0.2) is 4.79 Å². The molecule has 0 spiro atoms. The molecule has 0 bridgehead atoms. The zero-order valence-electron chi connectivity index (χ0n) is 16.4. The molecule has 0 radical (unpaired) electrons. The van der Waals surface area contributed by atoms with E-state index >= 15 is 0 Å². The number of aliphatic hydroxyl groups excluding tert-OH is 1. The molecule has 0 saturated heterocycles. The third kappa shape index (κ3) is 4.97. The summed E-state index contributed by atoms with van der Waals surface area (Å²) in [5.41, 5.74) is 0.768. The molecule has 0 aliphatic heterocycles. The summed E-state index contributed by atoms with van der Waals surface area (Å²) < 4.78 is 5.28. The number of aliphatic hydroxyl groups is 1. The zero-order chi connectivity index (χ0) is 19.7. The fourth-order valence-electron chi connectivity index (χ4n) is 3.09. The lowest BCUT2D eigenvalue weighted by molar-refractivity contribution is -0.127. The number of hydrogen-bond donors (Lipinski definition) is 3. The van der Waals surface area contributed by atoms with E-state index in [1.807, 2.05) is 45.0 Å². The van der Waals surface area contributed by atoms with Gasteiger partial charge in [-0.05, 0) is 37.3 Å². The summed E-state index contributed by atoms with van der Waals surface area (Å²) in [4.78, 5) is 25.1. The van der Waals surface area contributed by atoms with Gasteiger partial charge in [0.25, 0.3) is 0 Å². The minimum absolute atomic E-state index is 0.343. The van der Waals surface area contributed by atoms with E-state index < -0.39 is 35.3 Å². The Balaban J connectivity index is 2.14. The maximum absolute atomic E-state index is 12.9. The van der Waals surface area contributed by atoms with Crippen molar-refractivity contribution in [1.82, 2.24) is 10.6 Å². The molecule has 6 heteroatoms. The molecule has 6 nitrogen and oxygen atoms in total. The molecule has 1 aliphatic rings. The third-order valence-corrected chi connectivity index (χ3v) is 4.29. The standard InChI is InChI=1S/C20H30N2O4/c1-19(2,3)16(22-18(25)26-20(4,5)6)17(24)21-15-13-10-8-7-9-12(13)11-14(15)23/h7-10,14-16,23H,11H2,1-6H3,(H,21,24)(H,22,25). The minimum atomic E-state index is -0.794. The summed E-state index contributed by atoms with van der Waals surface area (Å²) in [5, 5.41) is 15.9. The van der Waals surface area contributed by atoms with Crippen LogP contribution in [0.3, 0.4) is 0 Å². The van der Waals surface area contributed by atoms with E-state index in [0.717, 1.165) is 11.1 Å². The van der Waals surface area contributed by atoms with Crippen LogP contribution < -0.4 is 10.6 Å². The highest BCUT2D eigenvalue weighted by Gasteiger charge is 2.38. The normalized spacial score (nSPS) is 20.9. The predicted molar refractivity (Wildman–Crippen MR) is 99.6 cm³/mol. The minimum Gasteiger partial charge on any atom is -0.444 e. The van der Waals surface area contributed by atoms with Gasteiger partial charge in [0.05, 0.1) is 12.1 Å². The molecule has 1 aliphatic carbocycles. The van der Waals surface area contributed by atoms with Gasteiger partial charge in [0.15, 0.2) is 0 Å². The molecular formula is C20H30N2O4. The molecule has 1 aromatic carbocycles. The largest absolute Gasteiger partial charge is 0.444 e. The van der Waals surface area contributed by atoms with Gasteiger partial charge in [-0.15, -0.1) is 0 Å². The van der Waals surface area contributed by atoms with E-state index in [4.69, 9.17) is 4.74 Å². The molecule has 0 heterocycles. The molecule has 1 aromatic rings. The van der Waals surface area contributed by atoms with Gasteiger partial charge in [-0.3, -0.25) is 4.79 Å². The molecule has 3 unspecified atom stereocenters. The van der Waals surface area contributed by atoms with E-state index in [9.17, 15) is 14.7 Å². The fourth-order valence-corrected chi connectivity index (χ4v) is 3.09. The first-order chi connectivity index (χ1) is 11.9. The lowest BCUT2D eigenvalue weighted by Gasteiger charge is -2.32. The van der Waals surface area contributed by atoms with Gasteiger partial charge in [0, 0.05) is 6.42 Å². The Morgan fingerprint density at radius 2 is 1.77 bits per heavy atom. The number of fused-ring (bicyclic) bond motifs is 1. The number of carbonyl (C=O) groups is 2. The molecule has 2 amide bonds. The van der Waals surface area contributed by atoms with Gasteiger partial charge in [-0.2, -0.15) is 0 Å². The lowest BCUT2D eigenvalue weighted by Crippen LogP contribution is -2.55. The van der Waals surface area contributed by atoms with Gasteiger partial charge in [0.1, 0.15) is 11.6 Å². The zero-order valence-corrected chi connectivity index (χ0v) is 16.4. The van der Waals surface area contributed by atoms with Crippen molar-refractivity contribution in [3.8, 4) is 0 Å². The highest BCUT2D eigenvalue weighted by molar-refractivity contribution is 5.87. The van der Waals surface area contributed by atoms with E-state index in [0.29, 0.717) is 6.42 Å². The highest BCUT2D eigenvalue weighted by Crippen LogP contribution is 2.32. The monoisotopic (exact) mass is 362 g/mol. The summed E-state index contributed by atoms with van der Waals surface area (Å²) in [6.07, 6.45) is -0.820. The number of amides is 2. The van der Waals surface area contributed by atoms with Crippen LogP contribution in [0.15, 0.2) is 24.3 Å². The van der Waals surface area contributed by atoms with E-state index in [-0.39, 0.29) is 5.91 Å². The Labute approximate surface area is 155 Å². The first kappa shape index (κ1) is 20.2. The van der Waals surface area contributed by atoms with Crippen molar-refractivity contribution in [3.05, 3.63) is 35.4 Å². The van der Waals surface area contributed by atoms with Crippen molar-refractivity contribution < 1.29 is 19.4 Å². The second-order valence-corrected chi connectivity index (χ2v) is 8.90. The number of rotatable bonds is 3. The number of nitrogens with one attached hydrogen (secondary N) is 2. The van der Waals surface area contributed by atoms with Crippen LogP contribution in [0.5, 0.6) is 0 Å². The second kappa shape index (κ2) is 7.27. The Hall–Kier alpha value is -2.08. The molecule has 3 atom stereocenters. The van der Waals surface area contributed by atoms with Crippen LogP contribution in [-0.2, 0) is 16.0 Å². The van der Waals surface area contributed by atoms with Crippen molar-refractivity contribution in [3.63, 3.8) is 0 Å². The Morgan fingerprint density at radius 1 is 1.15 bits per heavy atom. The number of alkyl carbamates (subject to hydrolysis) is 1. The van der Waals surface area contributed by atoms with E-state index in [2.05, 4.69) is 10.6 Å². The van der Waals surface area contributed by atoms with Crippen molar-refractivity contribution in [2.75, 3.05) is 0 Å². The van der Waals surface area contributed by atoms with Crippen LogP contribution in [0, 0.1) is 5.41 Å². The van der Waals surface area contributed by atoms with Crippen LogP contribution in [0.25, 0.3) is 0 Å². The van der Waals surface area contributed by atoms with Crippen LogP contribution in [0.1, 0.15) is 58.7 Å². The predicted octanol–water partition coefficient (Wildman–Crippen LogP) is 2.70. The summed E-state index contributed by atoms with van der Waals surface area (Å²) in [7, 11) is 0. The topological polar surface area (TPSA) is 87.7 Å². The number of carbonyl (C=O) groups excluding carboxylic acids is 2. The highest BCUT2D eigenvalue weighted by atomic mass is 16.6. The molecule has 3 N–H and O–H groups in total. The Kier molecular flexibility index (Phi) is 5.66. The maximum atomic E-state index is 12.9. The second-order valence-electron chi connectivity index (χ2n) is 8.90. The SMILES string of the molecule is CC(C)(C)OC(=O)NC(C(=O)NC1c2ccccc2CC1O)C(C)(C)C. The summed E-state index contributed by atoms with van der Waals surface area (Å²) in [6, 6.07) is 6.38. The fraction of sp³-hybridized carbons (Fsp3) is 0.600.